The van der Waals surface area contributed by atoms with E-state index in [1.807, 2.05) is 0 Å². The third-order valence-electron chi connectivity index (χ3n) is 4.23. The van der Waals surface area contributed by atoms with Gasteiger partial charge in [0.05, 0.1) is 14.2 Å². The Kier molecular flexibility index (Phi) is 6.23. The Balaban J connectivity index is 1.61. The molecule has 8 heteroatoms. The van der Waals surface area contributed by atoms with E-state index >= 15 is 0 Å². The van der Waals surface area contributed by atoms with E-state index in [0.29, 0.717) is 46.4 Å². The zero-order chi connectivity index (χ0) is 20.8. The molecule has 0 fully saturated rings. The van der Waals surface area contributed by atoms with Crippen molar-refractivity contribution in [3.63, 3.8) is 0 Å². The summed E-state index contributed by atoms with van der Waals surface area (Å²) in [5.41, 5.74) is 1.82. The molecular formula is C21H21N3O5. The smallest absolute Gasteiger partial charge is 0.227 e. The highest BCUT2D eigenvalue weighted by atomic mass is 16.5. The van der Waals surface area contributed by atoms with Gasteiger partial charge in [-0.2, -0.15) is 4.98 Å². The molecule has 1 N–H and O–H groups in total. The fraction of sp³-hybridized carbons (Fsp3) is 0.238. The molecule has 1 heterocycles. The van der Waals surface area contributed by atoms with Crippen LogP contribution in [0.3, 0.4) is 0 Å². The van der Waals surface area contributed by atoms with E-state index in [2.05, 4.69) is 15.5 Å². The Bertz CT molecular complexity index is 1030. The second kappa shape index (κ2) is 9.01. The van der Waals surface area contributed by atoms with E-state index in [9.17, 15) is 9.59 Å². The van der Waals surface area contributed by atoms with Gasteiger partial charge in [-0.1, -0.05) is 17.3 Å². The molecule has 29 heavy (non-hydrogen) atoms. The van der Waals surface area contributed by atoms with Gasteiger partial charge in [-0.3, -0.25) is 9.59 Å². The highest BCUT2D eigenvalue weighted by Gasteiger charge is 2.13. The fourth-order valence-electron chi connectivity index (χ4n) is 2.71. The van der Waals surface area contributed by atoms with E-state index < -0.39 is 0 Å². The van der Waals surface area contributed by atoms with Crippen LogP contribution in [0.4, 0.5) is 5.69 Å². The van der Waals surface area contributed by atoms with Crippen LogP contribution < -0.4 is 14.8 Å². The second-order valence-electron chi connectivity index (χ2n) is 6.27. The molecule has 0 radical (unpaired) electrons. The highest BCUT2D eigenvalue weighted by Crippen LogP contribution is 2.31. The number of aromatic nitrogens is 2. The summed E-state index contributed by atoms with van der Waals surface area (Å²) in [4.78, 5) is 27.9. The van der Waals surface area contributed by atoms with Crippen molar-refractivity contribution in [3.05, 3.63) is 53.9 Å². The summed E-state index contributed by atoms with van der Waals surface area (Å²) < 4.78 is 15.7. The molecule has 1 aromatic heterocycles. The number of aryl methyl sites for hydroxylation is 1. The second-order valence-corrected chi connectivity index (χ2v) is 6.27. The van der Waals surface area contributed by atoms with Crippen molar-refractivity contribution in [3.8, 4) is 22.9 Å². The molecule has 0 unspecified atom stereocenters. The summed E-state index contributed by atoms with van der Waals surface area (Å²) in [6.45, 7) is 1.48. The number of amides is 1. The first kappa shape index (κ1) is 20.1. The molecule has 0 bridgehead atoms. The standard InChI is InChI=1S/C21H21N3O5/c1-13(25)14-5-4-6-16(11-14)22-19(26)9-10-20-23-21(24-29-20)15-7-8-17(27-2)18(12-15)28-3/h4-8,11-12H,9-10H2,1-3H3,(H,22,26). The third kappa shape index (κ3) is 4.98. The highest BCUT2D eigenvalue weighted by molar-refractivity contribution is 5.97. The largest absolute Gasteiger partial charge is 0.493 e. The van der Waals surface area contributed by atoms with Crippen LogP contribution in [-0.2, 0) is 11.2 Å². The maximum absolute atomic E-state index is 12.2. The lowest BCUT2D eigenvalue weighted by Gasteiger charge is -2.07. The number of hydrogen-bond acceptors (Lipinski definition) is 7. The minimum Gasteiger partial charge on any atom is -0.493 e. The van der Waals surface area contributed by atoms with Crippen molar-refractivity contribution >= 4 is 17.4 Å². The molecule has 0 spiro atoms. The van der Waals surface area contributed by atoms with Gasteiger partial charge >= 0.3 is 0 Å². The number of methoxy groups -OCH3 is 2. The normalized spacial score (nSPS) is 10.4. The van der Waals surface area contributed by atoms with E-state index in [4.69, 9.17) is 14.0 Å². The van der Waals surface area contributed by atoms with Crippen molar-refractivity contribution in [2.45, 2.75) is 19.8 Å². The number of ketones is 1. The SMILES string of the molecule is COc1ccc(-c2noc(CCC(=O)Nc3cccc(C(C)=O)c3)n2)cc1OC. The number of nitrogens with zero attached hydrogens (tertiary/aromatic N) is 2. The Labute approximate surface area is 167 Å². The van der Waals surface area contributed by atoms with Crippen LogP contribution in [-0.4, -0.2) is 36.1 Å². The van der Waals surface area contributed by atoms with Crippen molar-refractivity contribution in [2.75, 3.05) is 19.5 Å². The number of ether oxygens (including phenoxy) is 2. The summed E-state index contributed by atoms with van der Waals surface area (Å²) in [7, 11) is 3.11. The van der Waals surface area contributed by atoms with Crippen molar-refractivity contribution in [2.24, 2.45) is 0 Å². The average Bonchev–Trinajstić information content (AvgIpc) is 3.21. The summed E-state index contributed by atoms with van der Waals surface area (Å²) in [6.07, 6.45) is 0.455. The van der Waals surface area contributed by atoms with Gasteiger partial charge in [0.15, 0.2) is 17.3 Å². The number of carbonyl (C=O) groups is 2. The summed E-state index contributed by atoms with van der Waals surface area (Å²) >= 11 is 0. The number of rotatable bonds is 8. The van der Waals surface area contributed by atoms with Crippen molar-refractivity contribution in [1.29, 1.82) is 0 Å². The zero-order valence-corrected chi connectivity index (χ0v) is 16.4. The molecule has 0 aliphatic rings. The van der Waals surface area contributed by atoms with Crippen molar-refractivity contribution < 1.29 is 23.6 Å². The molecule has 0 atom stereocenters. The van der Waals surface area contributed by atoms with Gasteiger partial charge in [-0.05, 0) is 37.3 Å². The van der Waals surface area contributed by atoms with Crippen LogP contribution in [0.1, 0.15) is 29.6 Å². The first-order valence-corrected chi connectivity index (χ1v) is 8.96. The predicted molar refractivity (Wildman–Crippen MR) is 106 cm³/mol. The maximum atomic E-state index is 12.2. The molecule has 150 valence electrons. The van der Waals surface area contributed by atoms with Crippen LogP contribution >= 0.6 is 0 Å². The summed E-state index contributed by atoms with van der Waals surface area (Å²) in [5.74, 6) is 1.64. The summed E-state index contributed by atoms with van der Waals surface area (Å²) in [5, 5.41) is 6.72. The predicted octanol–water partition coefficient (Wildman–Crippen LogP) is 3.53. The lowest BCUT2D eigenvalue weighted by atomic mass is 10.1. The lowest BCUT2D eigenvalue weighted by molar-refractivity contribution is -0.116. The quantitative estimate of drug-likeness (QED) is 0.582. The van der Waals surface area contributed by atoms with Gasteiger partial charge in [0, 0.05) is 29.7 Å². The molecule has 3 rings (SSSR count). The monoisotopic (exact) mass is 395 g/mol. The molecule has 0 aliphatic carbocycles. The Hall–Kier alpha value is -3.68. The number of anilines is 1. The molecule has 8 nitrogen and oxygen atoms in total. The van der Waals surface area contributed by atoms with Crippen LogP contribution in [0.5, 0.6) is 11.5 Å². The molecule has 0 saturated heterocycles. The van der Waals surface area contributed by atoms with E-state index in [0.717, 1.165) is 0 Å². The number of Topliss-reactive ketones (excluding diaryl/α,β-unsaturated/α-hetero) is 1. The van der Waals surface area contributed by atoms with E-state index in [1.54, 1.807) is 56.7 Å². The van der Waals surface area contributed by atoms with Crippen molar-refractivity contribution in [1.82, 2.24) is 10.1 Å². The van der Waals surface area contributed by atoms with Gasteiger partial charge in [0.1, 0.15) is 0 Å². The first-order valence-electron chi connectivity index (χ1n) is 8.96. The molecule has 0 saturated carbocycles. The number of carbonyl (C=O) groups excluding carboxylic acids is 2. The van der Waals surface area contributed by atoms with Gasteiger partial charge in [-0.15, -0.1) is 0 Å². The third-order valence-corrected chi connectivity index (χ3v) is 4.23. The molecule has 0 aliphatic heterocycles. The molecule has 3 aromatic rings. The fourth-order valence-corrected chi connectivity index (χ4v) is 2.71. The number of nitrogens with one attached hydrogen (secondary N) is 1. The van der Waals surface area contributed by atoms with Gasteiger partial charge in [0.25, 0.3) is 0 Å². The Morgan fingerprint density at radius 2 is 1.86 bits per heavy atom. The van der Waals surface area contributed by atoms with Crippen LogP contribution in [0, 0.1) is 0 Å². The van der Waals surface area contributed by atoms with Crippen LogP contribution in [0.25, 0.3) is 11.4 Å². The van der Waals surface area contributed by atoms with E-state index in [1.165, 1.54) is 6.92 Å². The number of hydrogen-bond donors (Lipinski definition) is 1. The van der Waals surface area contributed by atoms with Crippen LogP contribution in [0.2, 0.25) is 0 Å². The van der Waals surface area contributed by atoms with E-state index in [-0.39, 0.29) is 18.1 Å². The minimum absolute atomic E-state index is 0.0605. The zero-order valence-electron chi connectivity index (χ0n) is 16.4. The van der Waals surface area contributed by atoms with Gasteiger partial charge < -0.3 is 19.3 Å². The molecule has 1 amide bonds. The van der Waals surface area contributed by atoms with Gasteiger partial charge in [0.2, 0.25) is 17.6 Å². The minimum atomic E-state index is -0.212. The average molecular weight is 395 g/mol. The topological polar surface area (TPSA) is 104 Å². The van der Waals surface area contributed by atoms with Gasteiger partial charge in [-0.25, -0.2) is 0 Å². The lowest BCUT2D eigenvalue weighted by Crippen LogP contribution is -2.12. The maximum Gasteiger partial charge on any atom is 0.227 e. The summed E-state index contributed by atoms with van der Waals surface area (Å²) in [6, 6.07) is 12.1. The number of benzene rings is 2. The van der Waals surface area contributed by atoms with Crippen LogP contribution in [0.15, 0.2) is 47.0 Å². The Morgan fingerprint density at radius 1 is 1.07 bits per heavy atom. The first-order chi connectivity index (χ1) is 14.0. The molecule has 2 aromatic carbocycles. The Morgan fingerprint density at radius 3 is 2.59 bits per heavy atom. The molecular weight excluding hydrogens is 374 g/mol.